The first-order valence-corrected chi connectivity index (χ1v) is 11.0. The maximum Gasteiger partial charge on any atom is 0.317 e. The highest BCUT2D eigenvalue weighted by atomic mass is 19.1. The van der Waals surface area contributed by atoms with Gasteiger partial charge in [-0.15, -0.1) is 0 Å². The number of nitrogens with zero attached hydrogens (tertiary/aromatic N) is 3. The molecule has 1 aliphatic carbocycles. The Kier molecular flexibility index (Phi) is 6.44. The predicted molar refractivity (Wildman–Crippen MR) is 122 cm³/mol. The summed E-state index contributed by atoms with van der Waals surface area (Å²) in [5.74, 6) is 0.609. The van der Waals surface area contributed by atoms with Crippen LogP contribution in [0.1, 0.15) is 32.3 Å². The van der Waals surface area contributed by atoms with E-state index >= 15 is 0 Å². The van der Waals surface area contributed by atoms with Crippen molar-refractivity contribution >= 4 is 6.03 Å². The monoisotopic (exact) mass is 436 g/mol. The summed E-state index contributed by atoms with van der Waals surface area (Å²) >= 11 is 0. The maximum atomic E-state index is 14.4. The van der Waals surface area contributed by atoms with E-state index in [4.69, 9.17) is 4.74 Å². The van der Waals surface area contributed by atoms with Crippen molar-refractivity contribution in [2.75, 3.05) is 6.54 Å². The van der Waals surface area contributed by atoms with Gasteiger partial charge in [-0.3, -0.25) is 0 Å². The van der Waals surface area contributed by atoms with Crippen LogP contribution in [0.4, 0.5) is 9.18 Å². The number of hydrogen-bond donors (Lipinski definition) is 1. The van der Waals surface area contributed by atoms with Crippen LogP contribution in [-0.4, -0.2) is 33.3 Å². The Labute approximate surface area is 188 Å². The predicted octanol–water partition coefficient (Wildman–Crippen LogP) is 5.35. The molecule has 1 N–H and O–H groups in total. The third-order valence-corrected chi connectivity index (χ3v) is 5.40. The number of halogens is 1. The molecule has 1 aromatic heterocycles. The topological polar surface area (TPSA) is 59.4 Å². The number of aromatic nitrogens is 2. The first-order chi connectivity index (χ1) is 15.4. The van der Waals surface area contributed by atoms with Crippen molar-refractivity contribution in [2.45, 2.75) is 39.3 Å². The van der Waals surface area contributed by atoms with E-state index in [9.17, 15) is 9.18 Å². The molecule has 1 fully saturated rings. The molecule has 1 saturated carbocycles. The fourth-order valence-electron chi connectivity index (χ4n) is 3.64. The van der Waals surface area contributed by atoms with E-state index in [-0.39, 0.29) is 17.8 Å². The molecule has 3 aromatic rings. The van der Waals surface area contributed by atoms with Crippen LogP contribution in [0.15, 0.2) is 54.6 Å². The average Bonchev–Trinajstić information content (AvgIpc) is 3.54. The Morgan fingerprint density at radius 1 is 1.19 bits per heavy atom. The molecule has 32 heavy (non-hydrogen) atoms. The average molecular weight is 437 g/mol. The third-order valence-electron chi connectivity index (χ3n) is 5.40. The van der Waals surface area contributed by atoms with E-state index in [0.717, 1.165) is 29.7 Å². The van der Waals surface area contributed by atoms with Gasteiger partial charge >= 0.3 is 6.03 Å². The van der Waals surface area contributed by atoms with Crippen molar-refractivity contribution in [3.8, 4) is 22.9 Å². The van der Waals surface area contributed by atoms with E-state index in [0.29, 0.717) is 24.9 Å². The molecule has 0 unspecified atom stereocenters. The summed E-state index contributed by atoms with van der Waals surface area (Å²) in [5, 5.41) is 7.69. The molecule has 0 radical (unpaired) electrons. The van der Waals surface area contributed by atoms with Gasteiger partial charge in [-0.05, 0) is 44.7 Å². The van der Waals surface area contributed by atoms with Crippen LogP contribution in [0, 0.1) is 11.7 Å². The molecular weight excluding hydrogens is 407 g/mol. The van der Waals surface area contributed by atoms with Crippen LogP contribution < -0.4 is 10.1 Å². The Bertz CT molecular complexity index is 1080. The highest BCUT2D eigenvalue weighted by Crippen LogP contribution is 2.36. The lowest BCUT2D eigenvalue weighted by molar-refractivity contribution is 0.189. The van der Waals surface area contributed by atoms with E-state index < -0.39 is 5.82 Å². The normalized spacial score (nSPS) is 13.3. The van der Waals surface area contributed by atoms with E-state index in [1.165, 1.54) is 6.07 Å². The second-order valence-corrected chi connectivity index (χ2v) is 8.58. The van der Waals surface area contributed by atoms with Gasteiger partial charge in [-0.1, -0.05) is 42.5 Å². The Morgan fingerprint density at radius 3 is 2.53 bits per heavy atom. The summed E-state index contributed by atoms with van der Waals surface area (Å²) in [7, 11) is 1.77. The van der Waals surface area contributed by atoms with Gasteiger partial charge in [0.25, 0.3) is 0 Å². The van der Waals surface area contributed by atoms with Crippen LogP contribution >= 0.6 is 0 Å². The van der Waals surface area contributed by atoms with Gasteiger partial charge in [0.1, 0.15) is 5.69 Å². The summed E-state index contributed by atoms with van der Waals surface area (Å²) in [5.41, 5.74) is 2.39. The Morgan fingerprint density at radius 2 is 1.88 bits per heavy atom. The van der Waals surface area contributed by atoms with Gasteiger partial charge in [0.2, 0.25) is 5.88 Å². The molecule has 4 rings (SSSR count). The third kappa shape index (κ3) is 5.10. The molecule has 1 aliphatic rings. The number of nitrogens with one attached hydrogen (secondary N) is 1. The highest BCUT2D eigenvalue weighted by Gasteiger charge is 2.30. The van der Waals surface area contributed by atoms with Gasteiger partial charge < -0.3 is 15.0 Å². The van der Waals surface area contributed by atoms with Crippen LogP contribution in [0.2, 0.25) is 0 Å². The molecule has 0 bridgehead atoms. The quantitative estimate of drug-likeness (QED) is 0.518. The lowest BCUT2D eigenvalue weighted by atomic mass is 10.1. The molecule has 168 valence electrons. The number of amides is 2. The Hall–Kier alpha value is -3.35. The van der Waals surface area contributed by atoms with Gasteiger partial charge in [-0.2, -0.15) is 5.10 Å². The summed E-state index contributed by atoms with van der Waals surface area (Å²) in [6.07, 6.45) is 2.26. The number of aryl methyl sites for hydroxylation is 1. The number of ether oxygens (including phenoxy) is 1. The molecule has 0 aliphatic heterocycles. The summed E-state index contributed by atoms with van der Waals surface area (Å²) in [6, 6.07) is 16.0. The second-order valence-electron chi connectivity index (χ2n) is 8.58. The van der Waals surface area contributed by atoms with Crippen LogP contribution in [-0.2, 0) is 13.6 Å². The van der Waals surface area contributed by atoms with Gasteiger partial charge in [0, 0.05) is 25.2 Å². The summed E-state index contributed by atoms with van der Waals surface area (Å²) in [4.78, 5) is 14.8. The minimum absolute atomic E-state index is 0.0285. The smallest absolute Gasteiger partial charge is 0.317 e. The number of urea groups is 1. The molecule has 0 spiro atoms. The summed E-state index contributed by atoms with van der Waals surface area (Å²) in [6.45, 7) is 4.87. The fourth-order valence-corrected chi connectivity index (χ4v) is 3.64. The maximum absolute atomic E-state index is 14.4. The van der Waals surface area contributed by atoms with Gasteiger partial charge in [0.15, 0.2) is 11.6 Å². The molecule has 6 nitrogen and oxygen atoms in total. The van der Waals surface area contributed by atoms with E-state index in [2.05, 4.69) is 10.4 Å². The first-order valence-electron chi connectivity index (χ1n) is 11.0. The molecule has 7 heteroatoms. The number of hydrogen-bond acceptors (Lipinski definition) is 3. The minimum atomic E-state index is -0.451. The van der Waals surface area contributed by atoms with Crippen molar-refractivity contribution in [1.29, 1.82) is 0 Å². The first kappa shape index (κ1) is 21.9. The molecule has 0 atom stereocenters. The lowest BCUT2D eigenvalue weighted by Crippen LogP contribution is -2.43. The van der Waals surface area contributed by atoms with Crippen molar-refractivity contribution in [2.24, 2.45) is 13.0 Å². The zero-order chi connectivity index (χ0) is 22.7. The molecule has 0 saturated heterocycles. The molecular formula is C25H29FN4O2. The van der Waals surface area contributed by atoms with Crippen LogP contribution in [0.5, 0.6) is 11.6 Å². The van der Waals surface area contributed by atoms with Crippen molar-refractivity contribution in [3.05, 3.63) is 66.0 Å². The van der Waals surface area contributed by atoms with Crippen molar-refractivity contribution in [3.63, 3.8) is 0 Å². The van der Waals surface area contributed by atoms with Crippen molar-refractivity contribution in [1.82, 2.24) is 20.0 Å². The number of rotatable bonds is 8. The minimum Gasteiger partial charge on any atom is -0.436 e. The SMILES string of the molecule is CC(C)NC(=O)N(Cc1c(-c2ccccc2)nn(C)c1Oc1ccccc1F)CC1CC1. The molecule has 2 aromatic carbocycles. The number of carbonyl (C=O) groups excluding carboxylic acids is 1. The molecule has 1 heterocycles. The number of para-hydroxylation sites is 1. The largest absolute Gasteiger partial charge is 0.436 e. The molecule has 2 amide bonds. The van der Waals surface area contributed by atoms with Crippen molar-refractivity contribution < 1.29 is 13.9 Å². The van der Waals surface area contributed by atoms with Gasteiger partial charge in [0.05, 0.1) is 12.1 Å². The standard InChI is InChI=1S/C25H29FN4O2/c1-17(2)27-25(31)30(15-18-13-14-18)16-20-23(19-9-5-4-6-10-19)28-29(3)24(20)32-22-12-8-7-11-21(22)26/h4-12,17-18H,13-16H2,1-3H3,(H,27,31). The van der Waals surface area contributed by atoms with Crippen LogP contribution in [0.3, 0.4) is 0 Å². The fraction of sp³-hybridized carbons (Fsp3) is 0.360. The number of carbonyl (C=O) groups is 1. The zero-order valence-corrected chi connectivity index (χ0v) is 18.7. The second kappa shape index (κ2) is 9.42. The Balaban J connectivity index is 1.74. The lowest BCUT2D eigenvalue weighted by Gasteiger charge is -2.25. The van der Waals surface area contributed by atoms with E-state index in [1.807, 2.05) is 49.1 Å². The van der Waals surface area contributed by atoms with Crippen LogP contribution in [0.25, 0.3) is 11.3 Å². The number of benzene rings is 2. The highest BCUT2D eigenvalue weighted by molar-refractivity contribution is 5.75. The van der Waals surface area contributed by atoms with E-state index in [1.54, 1.807) is 29.9 Å². The zero-order valence-electron chi connectivity index (χ0n) is 18.7. The van der Waals surface area contributed by atoms with Gasteiger partial charge in [-0.25, -0.2) is 13.9 Å². The summed E-state index contributed by atoms with van der Waals surface area (Å²) < 4.78 is 22.0.